The van der Waals surface area contributed by atoms with Crippen molar-refractivity contribution in [2.24, 2.45) is 5.92 Å². The van der Waals surface area contributed by atoms with Crippen LogP contribution in [-0.2, 0) is 14.8 Å². The molecule has 0 bridgehead atoms. The number of rotatable bonds is 7. The predicted molar refractivity (Wildman–Crippen MR) is 75.4 cm³/mol. The van der Waals surface area contributed by atoms with E-state index >= 15 is 0 Å². The largest absolute Gasteiger partial charge is 0.481 e. The molecule has 0 aliphatic rings. The van der Waals surface area contributed by atoms with Crippen molar-refractivity contribution in [2.45, 2.75) is 24.7 Å². The number of carboxylic acids is 1. The van der Waals surface area contributed by atoms with Gasteiger partial charge >= 0.3 is 5.97 Å². The van der Waals surface area contributed by atoms with Gasteiger partial charge in [-0.15, -0.1) is 0 Å². The molecule has 1 aromatic carbocycles. The number of sulfonamides is 1. The third-order valence-electron chi connectivity index (χ3n) is 2.73. The Morgan fingerprint density at radius 2 is 2.05 bits per heavy atom. The minimum absolute atomic E-state index is 0.0466. The fourth-order valence-electron chi connectivity index (χ4n) is 1.58. The topological polar surface area (TPSA) is 83.5 Å². The monoisotopic (exact) mass is 349 g/mol. The summed E-state index contributed by atoms with van der Waals surface area (Å²) in [7, 11) is -3.62. The van der Waals surface area contributed by atoms with E-state index in [1.165, 1.54) is 6.07 Å². The number of benzene rings is 1. The lowest BCUT2D eigenvalue weighted by Crippen LogP contribution is -2.30. The zero-order chi connectivity index (χ0) is 14.5. The van der Waals surface area contributed by atoms with Gasteiger partial charge in [0.25, 0.3) is 0 Å². The lowest BCUT2D eigenvalue weighted by atomic mass is 10.0. The summed E-state index contributed by atoms with van der Waals surface area (Å²) >= 11 is 3.18. The molecular weight excluding hydrogens is 334 g/mol. The fraction of sp³-hybridized carbons (Fsp3) is 0.417. The highest BCUT2D eigenvalue weighted by Gasteiger charge is 2.19. The van der Waals surface area contributed by atoms with Gasteiger partial charge in [-0.2, -0.15) is 0 Å². The summed E-state index contributed by atoms with van der Waals surface area (Å²) < 4.78 is 27.1. The van der Waals surface area contributed by atoms with Crippen LogP contribution in [-0.4, -0.2) is 26.0 Å². The van der Waals surface area contributed by atoms with E-state index in [4.69, 9.17) is 5.11 Å². The molecule has 0 radical (unpaired) electrons. The maximum Gasteiger partial charge on any atom is 0.303 e. The molecule has 0 saturated carbocycles. The number of carbonyl (C=O) groups is 1. The van der Waals surface area contributed by atoms with Gasteiger partial charge in [0.15, 0.2) is 0 Å². The molecular formula is C12H16BrNO4S. The van der Waals surface area contributed by atoms with Crippen LogP contribution in [0.5, 0.6) is 0 Å². The quantitative estimate of drug-likeness (QED) is 0.790. The van der Waals surface area contributed by atoms with Crippen LogP contribution in [0.4, 0.5) is 0 Å². The zero-order valence-corrected chi connectivity index (χ0v) is 12.9. The van der Waals surface area contributed by atoms with Gasteiger partial charge < -0.3 is 5.11 Å². The summed E-state index contributed by atoms with van der Waals surface area (Å²) in [6.07, 6.45) is 0.555. The summed E-state index contributed by atoms with van der Waals surface area (Å²) in [5.74, 6) is -1.14. The SMILES string of the molecule is CCC(CNS(=O)(=O)c1ccccc1Br)CC(=O)O. The van der Waals surface area contributed by atoms with Crippen molar-refractivity contribution >= 4 is 31.9 Å². The normalized spacial score (nSPS) is 13.2. The first-order valence-corrected chi connectivity index (χ1v) is 8.10. The lowest BCUT2D eigenvalue weighted by Gasteiger charge is -2.14. The predicted octanol–water partition coefficient (Wildman–Crippen LogP) is 2.23. The van der Waals surface area contributed by atoms with Crippen molar-refractivity contribution in [1.82, 2.24) is 4.72 Å². The van der Waals surface area contributed by atoms with Crippen molar-refractivity contribution in [1.29, 1.82) is 0 Å². The Bertz CT molecular complexity index is 544. The van der Waals surface area contributed by atoms with Crippen LogP contribution in [0.3, 0.4) is 0 Å². The Labute approximate surface area is 121 Å². The van der Waals surface area contributed by atoms with E-state index in [0.717, 1.165) is 0 Å². The van der Waals surface area contributed by atoms with Crippen molar-refractivity contribution in [3.05, 3.63) is 28.7 Å². The summed E-state index contributed by atoms with van der Waals surface area (Å²) in [6.45, 7) is 1.95. The molecule has 1 aromatic rings. The maximum atomic E-state index is 12.1. The standard InChI is InChI=1S/C12H16BrNO4S/c1-2-9(7-12(15)16)8-14-19(17,18)11-6-4-3-5-10(11)13/h3-6,9,14H,2,7-8H2,1H3,(H,15,16). The lowest BCUT2D eigenvalue weighted by molar-refractivity contribution is -0.138. The molecule has 0 aliphatic heterocycles. The maximum absolute atomic E-state index is 12.1. The molecule has 19 heavy (non-hydrogen) atoms. The highest BCUT2D eigenvalue weighted by atomic mass is 79.9. The molecule has 0 heterocycles. The van der Waals surface area contributed by atoms with E-state index in [9.17, 15) is 13.2 Å². The molecule has 1 unspecified atom stereocenters. The number of nitrogens with one attached hydrogen (secondary N) is 1. The van der Waals surface area contributed by atoms with Gasteiger partial charge in [-0.25, -0.2) is 13.1 Å². The van der Waals surface area contributed by atoms with E-state index in [1.54, 1.807) is 18.2 Å². The fourth-order valence-corrected chi connectivity index (χ4v) is 3.69. The molecule has 7 heteroatoms. The van der Waals surface area contributed by atoms with E-state index < -0.39 is 16.0 Å². The van der Waals surface area contributed by atoms with Crippen molar-refractivity contribution in [3.63, 3.8) is 0 Å². The van der Waals surface area contributed by atoms with Crippen LogP contribution >= 0.6 is 15.9 Å². The van der Waals surface area contributed by atoms with Crippen LogP contribution in [0.2, 0.25) is 0 Å². The molecule has 0 saturated heterocycles. The molecule has 0 aromatic heterocycles. The summed E-state index contributed by atoms with van der Waals surface area (Å²) in [6, 6.07) is 6.49. The molecule has 1 rings (SSSR count). The van der Waals surface area contributed by atoms with E-state index in [2.05, 4.69) is 20.7 Å². The van der Waals surface area contributed by atoms with Crippen molar-refractivity contribution < 1.29 is 18.3 Å². The van der Waals surface area contributed by atoms with Crippen LogP contribution < -0.4 is 4.72 Å². The smallest absolute Gasteiger partial charge is 0.303 e. The Hall–Kier alpha value is -0.920. The molecule has 106 valence electrons. The first kappa shape index (κ1) is 16.1. The molecule has 1 atom stereocenters. The second-order valence-electron chi connectivity index (χ2n) is 4.15. The first-order valence-electron chi connectivity index (χ1n) is 5.82. The molecule has 0 amide bonds. The second-order valence-corrected chi connectivity index (χ2v) is 6.74. The summed E-state index contributed by atoms with van der Waals surface area (Å²) in [5.41, 5.74) is 0. The molecule has 2 N–H and O–H groups in total. The molecule has 5 nitrogen and oxygen atoms in total. The van der Waals surface area contributed by atoms with Gasteiger partial charge in [-0.1, -0.05) is 25.5 Å². The van der Waals surface area contributed by atoms with E-state index in [-0.39, 0.29) is 23.8 Å². The second kappa shape index (κ2) is 7.02. The van der Waals surface area contributed by atoms with Gasteiger partial charge in [0.05, 0.1) is 4.90 Å². The Balaban J connectivity index is 2.76. The van der Waals surface area contributed by atoms with Crippen LogP contribution in [0.15, 0.2) is 33.6 Å². The average Bonchev–Trinajstić information content (AvgIpc) is 2.34. The Morgan fingerprint density at radius 1 is 1.42 bits per heavy atom. The number of halogens is 1. The van der Waals surface area contributed by atoms with Crippen LogP contribution in [0, 0.1) is 5.92 Å². The van der Waals surface area contributed by atoms with Crippen LogP contribution in [0.25, 0.3) is 0 Å². The number of hydrogen-bond acceptors (Lipinski definition) is 3. The van der Waals surface area contributed by atoms with Crippen LogP contribution in [0.1, 0.15) is 19.8 Å². The van der Waals surface area contributed by atoms with Crippen molar-refractivity contribution in [3.8, 4) is 0 Å². The Kier molecular flexibility index (Phi) is 5.96. The minimum Gasteiger partial charge on any atom is -0.481 e. The average molecular weight is 350 g/mol. The highest BCUT2D eigenvalue weighted by Crippen LogP contribution is 2.21. The highest BCUT2D eigenvalue weighted by molar-refractivity contribution is 9.10. The molecule has 0 fully saturated rings. The first-order chi connectivity index (χ1) is 8.86. The van der Waals surface area contributed by atoms with Gasteiger partial charge in [-0.3, -0.25) is 4.79 Å². The van der Waals surface area contributed by atoms with E-state index in [0.29, 0.717) is 10.9 Å². The molecule has 0 aliphatic carbocycles. The van der Waals surface area contributed by atoms with Crippen molar-refractivity contribution in [2.75, 3.05) is 6.54 Å². The van der Waals surface area contributed by atoms with Gasteiger partial charge in [-0.05, 0) is 34.0 Å². The number of aliphatic carboxylic acids is 1. The third-order valence-corrected chi connectivity index (χ3v) is 5.16. The third kappa shape index (κ3) is 4.93. The number of hydrogen-bond donors (Lipinski definition) is 2. The minimum atomic E-state index is -3.62. The zero-order valence-electron chi connectivity index (χ0n) is 10.5. The summed E-state index contributed by atoms with van der Waals surface area (Å²) in [5, 5.41) is 8.72. The summed E-state index contributed by atoms with van der Waals surface area (Å²) in [4.78, 5) is 10.8. The van der Waals surface area contributed by atoms with E-state index in [1.807, 2.05) is 6.92 Å². The van der Waals surface area contributed by atoms with Gasteiger partial charge in [0.2, 0.25) is 10.0 Å². The van der Waals surface area contributed by atoms with Gasteiger partial charge in [0, 0.05) is 17.4 Å². The number of carboxylic acid groups (broad SMARTS) is 1. The van der Waals surface area contributed by atoms with Gasteiger partial charge in [0.1, 0.15) is 0 Å². The molecule has 0 spiro atoms. The Morgan fingerprint density at radius 3 is 2.58 bits per heavy atom.